The lowest BCUT2D eigenvalue weighted by molar-refractivity contribution is 0.0389. The first-order valence-corrected chi connectivity index (χ1v) is 16.2. The van der Waals surface area contributed by atoms with Gasteiger partial charge in [-0.05, 0) is 62.4 Å². The van der Waals surface area contributed by atoms with E-state index in [4.69, 9.17) is 4.74 Å². The van der Waals surface area contributed by atoms with Gasteiger partial charge in [-0.15, -0.1) is 0 Å². The van der Waals surface area contributed by atoms with Gasteiger partial charge >= 0.3 is 0 Å². The van der Waals surface area contributed by atoms with Gasteiger partial charge in [-0.2, -0.15) is 4.31 Å². The highest BCUT2D eigenvalue weighted by molar-refractivity contribution is 7.92. The molecule has 0 saturated heterocycles. The molecule has 4 rings (SSSR count). The maximum atomic E-state index is 13.7. The number of rotatable bonds is 9. The van der Waals surface area contributed by atoms with Crippen LogP contribution in [0.4, 0.5) is 10.1 Å². The molecule has 0 fully saturated rings. The molecule has 1 aliphatic rings. The van der Waals surface area contributed by atoms with Crippen LogP contribution in [-0.4, -0.2) is 75.9 Å². The van der Waals surface area contributed by atoms with Gasteiger partial charge in [-0.3, -0.25) is 9.52 Å². The number of benzene rings is 3. The quantitative estimate of drug-likeness (QED) is 0.375. The molecule has 3 aromatic carbocycles. The Kier molecular flexibility index (Phi) is 9.26. The number of aliphatic hydroxyl groups is 1. The Morgan fingerprint density at radius 2 is 1.67 bits per heavy atom. The molecule has 226 valence electrons. The number of aliphatic hydroxyl groups excluding tert-OH is 1. The van der Waals surface area contributed by atoms with Gasteiger partial charge in [0.25, 0.3) is 15.9 Å². The monoisotopic (exact) mass is 619 g/mol. The van der Waals surface area contributed by atoms with Gasteiger partial charge in [0, 0.05) is 19.5 Å². The van der Waals surface area contributed by atoms with Crippen LogP contribution in [0.1, 0.15) is 29.8 Å². The van der Waals surface area contributed by atoms with Gasteiger partial charge in [0.2, 0.25) is 10.0 Å². The zero-order valence-electron chi connectivity index (χ0n) is 23.7. The van der Waals surface area contributed by atoms with E-state index in [1.807, 2.05) is 6.92 Å². The van der Waals surface area contributed by atoms with E-state index in [1.165, 1.54) is 42.3 Å². The highest BCUT2D eigenvalue weighted by atomic mass is 32.2. The number of hydrogen-bond donors (Lipinski definition) is 2. The Morgan fingerprint density at radius 1 is 1.05 bits per heavy atom. The van der Waals surface area contributed by atoms with Crippen LogP contribution in [-0.2, 0) is 20.0 Å². The Morgan fingerprint density at radius 3 is 2.29 bits per heavy atom. The first-order valence-electron chi connectivity index (χ1n) is 13.3. The van der Waals surface area contributed by atoms with Gasteiger partial charge in [-0.25, -0.2) is 21.2 Å². The molecule has 0 radical (unpaired) electrons. The van der Waals surface area contributed by atoms with Crippen LogP contribution in [0.15, 0.2) is 76.5 Å². The molecule has 1 amide bonds. The summed E-state index contributed by atoms with van der Waals surface area (Å²) in [5, 5.41) is 9.89. The van der Waals surface area contributed by atoms with E-state index >= 15 is 0 Å². The Labute approximate surface area is 245 Å². The molecular weight excluding hydrogens is 585 g/mol. The largest absolute Gasteiger partial charge is 0.486 e. The lowest BCUT2D eigenvalue weighted by Gasteiger charge is -2.38. The molecule has 0 bridgehead atoms. The second kappa shape index (κ2) is 12.4. The molecule has 3 aromatic rings. The SMILES string of the molecule is Cc1ccc(S(=O)(=O)N(C)C[C@H]2Oc3c(NS(=O)(=O)c4ccc(F)cc4)cccc3C(=O)N([C@@H](C)CO)C[C@@H]2C)cc1. The minimum Gasteiger partial charge on any atom is -0.486 e. The maximum Gasteiger partial charge on any atom is 0.262 e. The van der Waals surface area contributed by atoms with Gasteiger partial charge in [0.1, 0.15) is 11.9 Å². The average molecular weight is 620 g/mol. The van der Waals surface area contributed by atoms with Crippen molar-refractivity contribution < 1.29 is 35.9 Å². The maximum absolute atomic E-state index is 13.7. The number of aryl methyl sites for hydroxylation is 1. The van der Waals surface area contributed by atoms with Crippen LogP contribution in [0.5, 0.6) is 5.75 Å². The average Bonchev–Trinajstić information content (AvgIpc) is 2.95. The number of fused-ring (bicyclic) bond motifs is 1. The summed E-state index contributed by atoms with van der Waals surface area (Å²) in [7, 11) is -6.71. The van der Waals surface area contributed by atoms with Gasteiger partial charge in [0.05, 0.1) is 40.2 Å². The third kappa shape index (κ3) is 6.59. The highest BCUT2D eigenvalue weighted by Gasteiger charge is 2.36. The number of nitrogens with one attached hydrogen (secondary N) is 1. The molecule has 0 aromatic heterocycles. The molecule has 0 unspecified atom stereocenters. The predicted molar refractivity (Wildman–Crippen MR) is 156 cm³/mol. The fourth-order valence-corrected chi connectivity index (χ4v) is 6.85. The third-order valence-corrected chi connectivity index (χ3v) is 10.4. The topological polar surface area (TPSA) is 133 Å². The van der Waals surface area contributed by atoms with E-state index < -0.39 is 49.8 Å². The van der Waals surface area contributed by atoms with E-state index in [9.17, 15) is 31.1 Å². The summed E-state index contributed by atoms with van der Waals surface area (Å²) in [6, 6.07) is 14.5. The van der Waals surface area contributed by atoms with Crippen molar-refractivity contribution in [1.82, 2.24) is 9.21 Å². The lowest BCUT2D eigenvalue weighted by Crippen LogP contribution is -2.50. The Hall–Kier alpha value is -3.52. The molecule has 1 heterocycles. The van der Waals surface area contributed by atoms with Gasteiger partial charge in [-0.1, -0.05) is 30.7 Å². The summed E-state index contributed by atoms with van der Waals surface area (Å²) in [6.07, 6.45) is -0.827. The third-order valence-electron chi connectivity index (χ3n) is 7.23. The smallest absolute Gasteiger partial charge is 0.262 e. The molecule has 0 saturated carbocycles. The Bertz CT molecular complexity index is 1650. The van der Waals surface area contributed by atoms with Crippen LogP contribution in [0, 0.1) is 18.7 Å². The number of carbonyl (C=O) groups excluding carboxylic acids is 1. The zero-order chi connectivity index (χ0) is 30.8. The highest BCUT2D eigenvalue weighted by Crippen LogP contribution is 2.36. The second-order valence-electron chi connectivity index (χ2n) is 10.5. The van der Waals surface area contributed by atoms with Crippen LogP contribution >= 0.6 is 0 Å². The number of hydrogen-bond acceptors (Lipinski definition) is 7. The van der Waals surface area contributed by atoms with Crippen molar-refractivity contribution in [3.8, 4) is 5.75 Å². The fourth-order valence-electron chi connectivity index (χ4n) is 4.60. The number of halogens is 1. The number of ether oxygens (including phenoxy) is 1. The molecule has 3 atom stereocenters. The molecular formula is C29H34FN3O7S2. The van der Waals surface area contributed by atoms with Crippen molar-refractivity contribution in [2.24, 2.45) is 5.92 Å². The normalized spacial score (nSPS) is 18.5. The Balaban J connectivity index is 1.76. The minimum atomic E-state index is -4.22. The molecule has 2 N–H and O–H groups in total. The summed E-state index contributed by atoms with van der Waals surface area (Å²) in [5.74, 6) is -1.61. The standard InChI is InChI=1S/C29H34FN3O7S2/c1-19-8-12-24(13-9-19)42(38,39)32(4)17-27-20(2)16-33(21(3)18-34)29(35)25-6-5-7-26(28(25)40-27)31-41(36,37)23-14-10-22(30)11-15-23/h5-15,20-21,27,31,34H,16-18H2,1-4H3/t20-,21-,27+/m0/s1. The van der Waals surface area contributed by atoms with Gasteiger partial charge < -0.3 is 14.7 Å². The first kappa shape index (κ1) is 31.4. The summed E-state index contributed by atoms with van der Waals surface area (Å²) < 4.78 is 76.5. The van der Waals surface area contributed by atoms with Crippen molar-refractivity contribution in [1.29, 1.82) is 0 Å². The van der Waals surface area contributed by atoms with E-state index in [1.54, 1.807) is 26.0 Å². The molecule has 1 aliphatic heterocycles. The van der Waals surface area contributed by atoms with Crippen LogP contribution < -0.4 is 9.46 Å². The number of sulfonamides is 2. The van der Waals surface area contributed by atoms with Crippen LogP contribution in [0.2, 0.25) is 0 Å². The summed E-state index contributed by atoms with van der Waals surface area (Å²) in [4.78, 5) is 15.0. The van der Waals surface area contributed by atoms with E-state index in [2.05, 4.69) is 4.72 Å². The fraction of sp³-hybridized carbons (Fsp3) is 0.345. The molecule has 13 heteroatoms. The number of para-hydroxylation sites is 1. The van der Waals surface area contributed by atoms with E-state index in [0.717, 1.165) is 34.1 Å². The number of anilines is 1. The molecule has 42 heavy (non-hydrogen) atoms. The second-order valence-corrected chi connectivity index (χ2v) is 14.2. The molecule has 10 nitrogen and oxygen atoms in total. The predicted octanol–water partition coefficient (Wildman–Crippen LogP) is 3.48. The number of carbonyl (C=O) groups is 1. The molecule has 0 aliphatic carbocycles. The summed E-state index contributed by atoms with van der Waals surface area (Å²) in [5.41, 5.74) is 0.893. The zero-order valence-corrected chi connectivity index (χ0v) is 25.3. The van der Waals surface area contributed by atoms with E-state index in [-0.39, 0.29) is 46.5 Å². The number of likely N-dealkylation sites (N-methyl/N-ethyl adjacent to an activating group) is 1. The van der Waals surface area contributed by atoms with Crippen molar-refractivity contribution in [3.05, 3.63) is 83.7 Å². The van der Waals surface area contributed by atoms with Gasteiger partial charge in [0.15, 0.2) is 5.75 Å². The lowest BCUT2D eigenvalue weighted by atomic mass is 9.99. The van der Waals surface area contributed by atoms with Crippen molar-refractivity contribution in [2.75, 3.05) is 31.5 Å². The van der Waals surface area contributed by atoms with Crippen molar-refractivity contribution >= 4 is 31.6 Å². The summed E-state index contributed by atoms with van der Waals surface area (Å²) in [6.45, 7) is 5.02. The van der Waals surface area contributed by atoms with Crippen molar-refractivity contribution in [2.45, 2.75) is 42.7 Å². The van der Waals surface area contributed by atoms with Crippen LogP contribution in [0.25, 0.3) is 0 Å². The van der Waals surface area contributed by atoms with E-state index in [0.29, 0.717) is 0 Å². The van der Waals surface area contributed by atoms with Crippen molar-refractivity contribution in [3.63, 3.8) is 0 Å². The van der Waals surface area contributed by atoms with Crippen LogP contribution in [0.3, 0.4) is 0 Å². The molecule has 0 spiro atoms. The summed E-state index contributed by atoms with van der Waals surface area (Å²) >= 11 is 0. The minimum absolute atomic E-state index is 0.0375. The first-order chi connectivity index (χ1) is 19.7. The number of nitrogens with zero attached hydrogens (tertiary/aromatic N) is 2. The number of amides is 1.